The molecule has 2 heterocycles. The van der Waals surface area contributed by atoms with Crippen LogP contribution in [0.25, 0.3) is 22.0 Å². The lowest BCUT2D eigenvalue weighted by Crippen LogP contribution is -2.05. The van der Waals surface area contributed by atoms with Crippen LogP contribution < -0.4 is 0 Å². The van der Waals surface area contributed by atoms with Gasteiger partial charge in [0.2, 0.25) is 0 Å². The van der Waals surface area contributed by atoms with E-state index < -0.39 is 0 Å². The first-order chi connectivity index (χ1) is 14.3. The number of hydrogen-bond acceptors (Lipinski definition) is 3. The van der Waals surface area contributed by atoms with Crippen molar-refractivity contribution in [1.29, 1.82) is 0 Å². The highest BCUT2D eigenvalue weighted by Crippen LogP contribution is 2.24. The molecule has 0 bridgehead atoms. The summed E-state index contributed by atoms with van der Waals surface area (Å²) in [4.78, 5) is 21.5. The van der Waals surface area contributed by atoms with Crippen molar-refractivity contribution in [3.8, 4) is 11.3 Å². The fraction of sp³-hybridized carbons (Fsp3) is 0.174. The van der Waals surface area contributed by atoms with Gasteiger partial charge in [0.25, 0.3) is 0 Å². The first-order valence-corrected chi connectivity index (χ1v) is 8.73. The molecular weight excluding hydrogens is 334 g/mol. The van der Waals surface area contributed by atoms with E-state index in [-0.39, 0.29) is 35.9 Å². The normalized spacial score (nSPS) is 12.6. The van der Waals surface area contributed by atoms with E-state index in [1.807, 2.05) is 35.9 Å². The molecule has 27 heavy (non-hydrogen) atoms. The number of imidazole rings is 1. The Morgan fingerprint density at radius 2 is 1.96 bits per heavy atom. The second-order valence-corrected chi connectivity index (χ2v) is 6.73. The topological polar surface area (TPSA) is 47.8 Å². The third-order valence-electron chi connectivity index (χ3n) is 4.76. The van der Waals surface area contributed by atoms with E-state index >= 15 is 0 Å². The van der Waals surface area contributed by atoms with Crippen LogP contribution in [0.4, 0.5) is 0 Å². The highest BCUT2D eigenvalue weighted by molar-refractivity contribution is 5.98. The molecule has 4 aromatic rings. The lowest BCUT2D eigenvalue weighted by molar-refractivity contribution is 0.0992. The Hall–Kier alpha value is -3.27. The van der Waals surface area contributed by atoms with Gasteiger partial charge in [-0.15, -0.1) is 0 Å². The molecule has 0 aliphatic heterocycles. The minimum Gasteiger partial charge on any atom is -0.334 e. The number of nitrogens with zero attached hydrogens (tertiary/aromatic N) is 3. The van der Waals surface area contributed by atoms with Crippen molar-refractivity contribution in [3.05, 3.63) is 83.5 Å². The van der Waals surface area contributed by atoms with Gasteiger partial charge in [0, 0.05) is 35.5 Å². The summed E-state index contributed by atoms with van der Waals surface area (Å²) in [5.74, 6) is -0.365. The van der Waals surface area contributed by atoms with Gasteiger partial charge in [-0.2, -0.15) is 0 Å². The summed E-state index contributed by atoms with van der Waals surface area (Å²) in [6.45, 7) is 3.41. The van der Waals surface area contributed by atoms with Crippen molar-refractivity contribution in [1.82, 2.24) is 14.5 Å². The van der Waals surface area contributed by atoms with Gasteiger partial charge in [0.15, 0.2) is 5.78 Å². The van der Waals surface area contributed by atoms with Crippen molar-refractivity contribution in [3.63, 3.8) is 0 Å². The van der Waals surface area contributed by atoms with Crippen LogP contribution in [-0.4, -0.2) is 20.3 Å². The van der Waals surface area contributed by atoms with E-state index in [1.165, 1.54) is 0 Å². The molecule has 0 aliphatic rings. The van der Waals surface area contributed by atoms with Crippen molar-refractivity contribution >= 4 is 16.6 Å². The smallest absolute Gasteiger partial charge is 0.168 e. The van der Waals surface area contributed by atoms with Crippen LogP contribution in [0.2, 0.25) is 0 Å². The van der Waals surface area contributed by atoms with E-state index in [4.69, 9.17) is 4.11 Å². The second-order valence-electron chi connectivity index (χ2n) is 6.73. The van der Waals surface area contributed by atoms with E-state index in [0.717, 1.165) is 22.0 Å². The number of aryl methyl sites for hydroxylation is 1. The summed E-state index contributed by atoms with van der Waals surface area (Å²) in [6, 6.07) is 7.73. The Bertz CT molecular complexity index is 1280. The van der Waals surface area contributed by atoms with Crippen LogP contribution >= 0.6 is 0 Å². The number of pyridine rings is 1. The van der Waals surface area contributed by atoms with Gasteiger partial charge in [0.1, 0.15) is 0 Å². The maximum absolute atomic E-state index is 12.9. The average Bonchev–Trinajstić information content (AvgIpc) is 3.16. The van der Waals surface area contributed by atoms with Gasteiger partial charge >= 0.3 is 0 Å². The molecule has 0 atom stereocenters. The number of benzene rings is 2. The van der Waals surface area contributed by atoms with E-state index in [1.54, 1.807) is 32.6 Å². The van der Waals surface area contributed by atoms with Crippen LogP contribution in [-0.2, 0) is 13.5 Å². The van der Waals surface area contributed by atoms with Gasteiger partial charge in [0.05, 0.1) is 28.8 Å². The summed E-state index contributed by atoms with van der Waals surface area (Å²) >= 11 is 0. The van der Waals surface area contributed by atoms with Gasteiger partial charge in [-0.05, 0) is 48.5 Å². The molecule has 4 rings (SSSR count). The number of Topliss-reactive ketones (excluding diaryl/α,β-unsaturated/α-hetero) is 1. The molecule has 2 aromatic carbocycles. The number of ketones is 1. The molecule has 4 heteroatoms. The first-order valence-electron chi connectivity index (χ1n) is 10.2. The third kappa shape index (κ3) is 3.38. The molecule has 134 valence electrons. The molecule has 0 saturated heterocycles. The zero-order valence-electron chi connectivity index (χ0n) is 18.5. The number of aromatic nitrogens is 3. The summed E-state index contributed by atoms with van der Waals surface area (Å²) in [5, 5.41) is 1.91. The molecule has 0 amide bonds. The lowest BCUT2D eigenvalue weighted by Gasteiger charge is -2.07. The SMILES string of the molecule is [2H]c1c([2H])c(C(=O)Cc2cc3cc(-c4cncn4C)ccc3cn2)c([2H])c(C)c1C. The number of fused-ring (bicyclic) bond motifs is 1. The molecule has 2 aromatic heterocycles. The Labute approximate surface area is 162 Å². The quantitative estimate of drug-likeness (QED) is 0.498. The monoisotopic (exact) mass is 358 g/mol. The summed E-state index contributed by atoms with van der Waals surface area (Å²) in [7, 11) is 1.93. The van der Waals surface area contributed by atoms with Crippen molar-refractivity contribution in [2.45, 2.75) is 20.3 Å². The average molecular weight is 358 g/mol. The van der Waals surface area contributed by atoms with Crippen LogP contribution in [0.5, 0.6) is 0 Å². The maximum atomic E-state index is 12.9. The summed E-state index contributed by atoms with van der Waals surface area (Å²) in [6.07, 6.45) is 5.25. The van der Waals surface area contributed by atoms with Crippen LogP contribution in [0.15, 0.2) is 61.1 Å². The van der Waals surface area contributed by atoms with Crippen LogP contribution in [0.1, 0.15) is 31.3 Å². The molecule has 0 radical (unpaired) electrons. The Morgan fingerprint density at radius 3 is 2.74 bits per heavy atom. The number of hydrogen-bond donors (Lipinski definition) is 0. The van der Waals surface area contributed by atoms with E-state index in [0.29, 0.717) is 16.8 Å². The first kappa shape index (κ1) is 13.9. The molecular formula is C23H21N3O. The zero-order valence-corrected chi connectivity index (χ0v) is 15.5. The molecule has 0 fully saturated rings. The molecule has 0 N–H and O–H groups in total. The highest BCUT2D eigenvalue weighted by atomic mass is 16.1. The van der Waals surface area contributed by atoms with Crippen molar-refractivity contribution < 1.29 is 8.91 Å². The van der Waals surface area contributed by atoms with Gasteiger partial charge in [-0.25, -0.2) is 4.98 Å². The van der Waals surface area contributed by atoms with Crippen molar-refractivity contribution in [2.75, 3.05) is 0 Å². The van der Waals surface area contributed by atoms with E-state index in [2.05, 4.69) is 9.97 Å². The summed E-state index contributed by atoms with van der Waals surface area (Å²) in [5.41, 5.74) is 3.69. The largest absolute Gasteiger partial charge is 0.334 e. The van der Waals surface area contributed by atoms with Crippen molar-refractivity contribution in [2.24, 2.45) is 7.05 Å². The van der Waals surface area contributed by atoms with Crippen LogP contribution in [0, 0.1) is 13.8 Å². The lowest BCUT2D eigenvalue weighted by atomic mass is 10.00. The highest BCUT2D eigenvalue weighted by Gasteiger charge is 2.10. The number of rotatable bonds is 4. The Morgan fingerprint density at radius 1 is 1.11 bits per heavy atom. The molecule has 0 aliphatic carbocycles. The van der Waals surface area contributed by atoms with Crippen LogP contribution in [0.3, 0.4) is 0 Å². The van der Waals surface area contributed by atoms with Gasteiger partial charge in [-0.1, -0.05) is 24.2 Å². The minimum absolute atomic E-state index is 0.000797. The van der Waals surface area contributed by atoms with Gasteiger partial charge < -0.3 is 4.57 Å². The summed E-state index contributed by atoms with van der Waals surface area (Å²) < 4.78 is 26.5. The Kier molecular flexibility index (Phi) is 3.49. The fourth-order valence-corrected chi connectivity index (χ4v) is 3.03. The Balaban J connectivity index is 1.71. The second kappa shape index (κ2) is 6.80. The number of carbonyl (C=O) groups is 1. The zero-order chi connectivity index (χ0) is 21.6. The number of carbonyl (C=O) groups excluding carboxylic acids is 1. The molecule has 0 spiro atoms. The predicted molar refractivity (Wildman–Crippen MR) is 108 cm³/mol. The molecule has 0 unspecified atom stereocenters. The standard InChI is InChI=1S/C23H21N3O/c1-15-4-5-18(8-16(15)2)23(27)11-21-10-20-9-17(6-7-19(20)12-25-21)22-13-24-14-26(22)3/h4-10,12-14H,11H2,1-3H3/i4D,5D,8D. The predicted octanol–water partition coefficient (Wildman–Crippen LogP) is 4.68. The van der Waals surface area contributed by atoms with Gasteiger partial charge in [-0.3, -0.25) is 9.78 Å². The van der Waals surface area contributed by atoms with E-state index in [9.17, 15) is 4.79 Å². The third-order valence-corrected chi connectivity index (χ3v) is 4.76. The minimum atomic E-state index is -0.365. The fourth-order valence-electron chi connectivity index (χ4n) is 3.03. The molecule has 4 nitrogen and oxygen atoms in total. The maximum Gasteiger partial charge on any atom is 0.168 e. The molecule has 0 saturated carbocycles.